The first-order valence-corrected chi connectivity index (χ1v) is 11.9. The molecule has 3 aromatic carbocycles. The number of hydrogen-bond donors (Lipinski definition) is 4. The van der Waals surface area contributed by atoms with Gasteiger partial charge in [0.05, 0.1) is 35.1 Å². The zero-order valence-electron chi connectivity index (χ0n) is 19.1. The van der Waals surface area contributed by atoms with Crippen LogP contribution in [0.2, 0.25) is 0 Å². The minimum atomic E-state index is -1.04. The number of amides is 1. The summed E-state index contributed by atoms with van der Waals surface area (Å²) in [5.41, 5.74) is 3.51. The van der Waals surface area contributed by atoms with Crippen LogP contribution in [0.25, 0.3) is 21.6 Å². The van der Waals surface area contributed by atoms with Crippen molar-refractivity contribution in [3.63, 3.8) is 0 Å². The summed E-state index contributed by atoms with van der Waals surface area (Å²) in [5.74, 6) is 0.472. The van der Waals surface area contributed by atoms with Gasteiger partial charge in [-0.1, -0.05) is 23.5 Å². The second-order valence-electron chi connectivity index (χ2n) is 7.92. The predicted octanol–water partition coefficient (Wildman–Crippen LogP) is 3.09. The topological polar surface area (TPSA) is 170 Å². The van der Waals surface area contributed by atoms with Crippen molar-refractivity contribution in [3.05, 3.63) is 82.9 Å². The number of hydrogen-bond acceptors (Lipinski definition) is 10. The Balaban J connectivity index is 1.42. The summed E-state index contributed by atoms with van der Waals surface area (Å²) in [6.07, 6.45) is -1.04. The minimum absolute atomic E-state index is 0.216. The maximum atomic E-state index is 13.4. The molecular formula is C25H19N7O4S. The maximum absolute atomic E-state index is 13.4. The second-order valence-corrected chi connectivity index (χ2v) is 8.95. The van der Waals surface area contributed by atoms with E-state index in [0.29, 0.717) is 44.5 Å². The number of aliphatic hydroxyl groups is 2. The minimum Gasteiger partial charge on any atom is -0.476 e. The van der Waals surface area contributed by atoms with E-state index in [9.17, 15) is 15.0 Å². The van der Waals surface area contributed by atoms with Crippen molar-refractivity contribution in [1.29, 1.82) is 5.26 Å². The number of rotatable bonds is 8. The molecule has 1 unspecified atom stereocenters. The molecule has 5 rings (SSSR count). The lowest BCUT2D eigenvalue weighted by Crippen LogP contribution is -2.25. The average Bonchev–Trinajstić information content (AvgIpc) is 3.61. The lowest BCUT2D eigenvalue weighted by Gasteiger charge is -2.19. The van der Waals surface area contributed by atoms with E-state index in [1.165, 1.54) is 11.3 Å². The van der Waals surface area contributed by atoms with Gasteiger partial charge in [-0.3, -0.25) is 10.1 Å². The molecule has 5 aromatic rings. The van der Waals surface area contributed by atoms with Crippen molar-refractivity contribution in [2.24, 2.45) is 0 Å². The molecule has 0 saturated carbocycles. The molecule has 0 fully saturated rings. The van der Waals surface area contributed by atoms with Crippen LogP contribution in [0.1, 0.15) is 28.4 Å². The van der Waals surface area contributed by atoms with E-state index in [0.717, 1.165) is 10.3 Å². The van der Waals surface area contributed by atoms with Gasteiger partial charge in [0, 0.05) is 11.1 Å². The quantitative estimate of drug-likeness (QED) is 0.243. The van der Waals surface area contributed by atoms with Crippen LogP contribution >= 0.6 is 11.3 Å². The predicted molar refractivity (Wildman–Crippen MR) is 134 cm³/mol. The molecule has 0 aliphatic rings. The Bertz CT molecular complexity index is 1540. The van der Waals surface area contributed by atoms with Gasteiger partial charge in [0.2, 0.25) is 6.10 Å². The van der Waals surface area contributed by atoms with E-state index in [2.05, 4.69) is 37.0 Å². The van der Waals surface area contributed by atoms with Gasteiger partial charge in [0.25, 0.3) is 5.91 Å². The highest BCUT2D eigenvalue weighted by molar-refractivity contribution is 7.22. The number of aromatic amines is 1. The molecular weight excluding hydrogens is 494 g/mol. The number of tetrazole rings is 1. The summed E-state index contributed by atoms with van der Waals surface area (Å²) < 4.78 is 6.84. The van der Waals surface area contributed by atoms with Crippen LogP contribution in [-0.4, -0.2) is 41.7 Å². The molecule has 12 heteroatoms. The molecule has 37 heavy (non-hydrogen) atoms. The summed E-state index contributed by atoms with van der Waals surface area (Å²) in [6, 6.07) is 19.0. The Morgan fingerprint density at radius 3 is 2.46 bits per heavy atom. The SMILES string of the molecule is N#Cc1ccc(C(Oc2ccc(-c3nnn[nH]3)cc2)C(=O)Nc2nc3cc(CO)c(CO)cc3s2)cc1. The third kappa shape index (κ3) is 5.14. The fourth-order valence-electron chi connectivity index (χ4n) is 3.69. The van der Waals surface area contributed by atoms with Gasteiger partial charge >= 0.3 is 0 Å². The summed E-state index contributed by atoms with van der Waals surface area (Å²) in [6.45, 7) is -0.447. The monoisotopic (exact) mass is 513 g/mol. The molecule has 11 nitrogen and oxygen atoms in total. The number of anilines is 1. The number of fused-ring (bicyclic) bond motifs is 1. The van der Waals surface area contributed by atoms with Crippen molar-refractivity contribution in [3.8, 4) is 23.2 Å². The molecule has 0 aliphatic carbocycles. The zero-order chi connectivity index (χ0) is 25.8. The largest absolute Gasteiger partial charge is 0.476 e. The molecule has 2 aromatic heterocycles. The fraction of sp³-hybridized carbons (Fsp3) is 0.120. The molecule has 0 spiro atoms. The first-order chi connectivity index (χ1) is 18.1. The summed E-state index contributed by atoms with van der Waals surface area (Å²) in [4.78, 5) is 17.9. The van der Waals surface area contributed by atoms with Crippen molar-refractivity contribution >= 4 is 32.6 Å². The summed E-state index contributed by atoms with van der Waals surface area (Å²) in [7, 11) is 0. The normalized spacial score (nSPS) is 11.7. The number of H-pyrrole nitrogens is 1. The number of nitrogens with zero attached hydrogens (tertiary/aromatic N) is 5. The van der Waals surface area contributed by atoms with Gasteiger partial charge in [-0.2, -0.15) is 5.26 Å². The first-order valence-electron chi connectivity index (χ1n) is 11.0. The highest BCUT2D eigenvalue weighted by Crippen LogP contribution is 2.31. The smallest absolute Gasteiger partial charge is 0.271 e. The zero-order valence-corrected chi connectivity index (χ0v) is 19.9. The Morgan fingerprint density at radius 2 is 1.81 bits per heavy atom. The van der Waals surface area contributed by atoms with Gasteiger partial charge in [0.15, 0.2) is 11.0 Å². The molecule has 0 saturated heterocycles. The van der Waals surface area contributed by atoms with Gasteiger partial charge in [-0.05, 0) is 70.1 Å². The van der Waals surface area contributed by atoms with E-state index in [1.54, 1.807) is 60.7 Å². The number of nitriles is 1. The molecule has 4 N–H and O–H groups in total. The number of ether oxygens (including phenoxy) is 1. The van der Waals surface area contributed by atoms with Crippen LogP contribution in [0.4, 0.5) is 5.13 Å². The van der Waals surface area contributed by atoms with E-state index in [-0.39, 0.29) is 13.2 Å². The number of aliphatic hydroxyl groups excluding tert-OH is 2. The number of aromatic nitrogens is 5. The number of carbonyl (C=O) groups excluding carboxylic acids is 1. The van der Waals surface area contributed by atoms with Crippen molar-refractivity contribution in [2.75, 3.05) is 5.32 Å². The van der Waals surface area contributed by atoms with E-state index in [1.807, 2.05) is 0 Å². The van der Waals surface area contributed by atoms with Crippen LogP contribution < -0.4 is 10.1 Å². The van der Waals surface area contributed by atoms with Crippen molar-refractivity contribution in [2.45, 2.75) is 19.3 Å². The standard InChI is InChI=1S/C25H19N7O4S/c26-11-14-1-3-15(4-2-14)22(36-19-7-5-16(6-8-19)23-29-31-32-30-23)24(35)28-25-27-20-9-17(12-33)18(13-34)10-21(20)37-25/h1-10,22,33-34H,12-13H2,(H,27,28,35)(H,29,30,31,32). The van der Waals surface area contributed by atoms with Gasteiger partial charge in [-0.15, -0.1) is 5.10 Å². The Labute approximate surface area is 214 Å². The summed E-state index contributed by atoms with van der Waals surface area (Å²) >= 11 is 1.24. The fourth-order valence-corrected chi connectivity index (χ4v) is 4.61. The first kappa shape index (κ1) is 24.0. The van der Waals surface area contributed by atoms with Gasteiger partial charge < -0.3 is 14.9 Å². The summed E-state index contributed by atoms with van der Waals surface area (Å²) in [5, 5.41) is 45.1. The Kier molecular flexibility index (Phi) is 6.82. The number of nitrogens with one attached hydrogen (secondary N) is 2. The third-order valence-corrected chi connectivity index (χ3v) is 6.52. The molecule has 1 atom stereocenters. The van der Waals surface area contributed by atoms with Crippen LogP contribution in [0.15, 0.2) is 60.7 Å². The van der Waals surface area contributed by atoms with E-state index < -0.39 is 12.0 Å². The molecule has 184 valence electrons. The lowest BCUT2D eigenvalue weighted by atomic mass is 10.1. The third-order valence-electron chi connectivity index (χ3n) is 5.59. The van der Waals surface area contributed by atoms with Crippen molar-refractivity contribution < 1.29 is 19.7 Å². The van der Waals surface area contributed by atoms with E-state index in [4.69, 9.17) is 10.00 Å². The lowest BCUT2D eigenvalue weighted by molar-refractivity contribution is -0.123. The maximum Gasteiger partial charge on any atom is 0.271 e. The van der Waals surface area contributed by atoms with Crippen molar-refractivity contribution in [1.82, 2.24) is 25.6 Å². The van der Waals surface area contributed by atoms with Crippen LogP contribution in [-0.2, 0) is 18.0 Å². The molecule has 2 heterocycles. The Morgan fingerprint density at radius 1 is 1.08 bits per heavy atom. The van der Waals surface area contributed by atoms with Crippen LogP contribution in [0.3, 0.4) is 0 Å². The number of benzene rings is 3. The molecule has 1 amide bonds. The second kappa shape index (κ2) is 10.5. The van der Waals surface area contributed by atoms with Gasteiger partial charge in [-0.25, -0.2) is 10.1 Å². The van der Waals surface area contributed by atoms with E-state index >= 15 is 0 Å². The molecule has 0 aliphatic heterocycles. The number of carbonyl (C=O) groups is 1. The highest BCUT2D eigenvalue weighted by atomic mass is 32.1. The van der Waals surface area contributed by atoms with Crippen LogP contribution in [0, 0.1) is 11.3 Å². The Hall–Kier alpha value is -4.70. The molecule has 0 bridgehead atoms. The average molecular weight is 514 g/mol. The highest BCUT2D eigenvalue weighted by Gasteiger charge is 2.24. The van der Waals surface area contributed by atoms with Gasteiger partial charge in [0.1, 0.15) is 5.75 Å². The molecule has 0 radical (unpaired) electrons. The number of thiazole rings is 1. The van der Waals surface area contributed by atoms with Crippen LogP contribution in [0.5, 0.6) is 5.75 Å².